The van der Waals surface area contributed by atoms with Gasteiger partial charge in [0.15, 0.2) is 0 Å². The summed E-state index contributed by atoms with van der Waals surface area (Å²) in [7, 11) is 0. The first-order valence-corrected chi connectivity index (χ1v) is 10.9. The number of carbonyl (C=O) groups is 5. The van der Waals surface area contributed by atoms with E-state index in [4.69, 9.17) is 21.1 Å². The highest BCUT2D eigenvalue weighted by molar-refractivity contribution is 5.94. The van der Waals surface area contributed by atoms with Crippen LogP contribution in [0.1, 0.15) is 18.4 Å². The summed E-state index contributed by atoms with van der Waals surface area (Å²) in [5, 5.41) is 43.9. The number of H-pyrrole nitrogens is 1. The number of rotatable bonds is 14. The van der Waals surface area contributed by atoms with E-state index in [9.17, 15) is 29.1 Å². The fourth-order valence-corrected chi connectivity index (χ4v) is 3.37. The number of carboxylic acid groups (broad SMARTS) is 2. The van der Waals surface area contributed by atoms with Crippen molar-refractivity contribution >= 4 is 40.6 Å². The number of carbonyl (C=O) groups excluding carboxylic acids is 3. The molecule has 14 heteroatoms. The second-order valence-electron chi connectivity index (χ2n) is 7.99. The van der Waals surface area contributed by atoms with E-state index in [-0.39, 0.29) is 6.42 Å². The first kappa shape index (κ1) is 28.2. The van der Waals surface area contributed by atoms with Gasteiger partial charge < -0.3 is 47.1 Å². The number of carboxylic acids is 2. The van der Waals surface area contributed by atoms with Crippen LogP contribution in [-0.2, 0) is 30.4 Å². The molecule has 0 aliphatic rings. The van der Waals surface area contributed by atoms with Crippen molar-refractivity contribution in [3.8, 4) is 0 Å². The minimum atomic E-state index is -1.68. The van der Waals surface area contributed by atoms with Gasteiger partial charge >= 0.3 is 11.9 Å². The monoisotopic (exact) mass is 507 g/mol. The van der Waals surface area contributed by atoms with Crippen LogP contribution in [0.5, 0.6) is 0 Å². The van der Waals surface area contributed by atoms with Gasteiger partial charge in [0, 0.05) is 23.5 Å². The average molecular weight is 508 g/mol. The third-order valence-electron chi connectivity index (χ3n) is 5.34. The molecule has 196 valence electrons. The van der Waals surface area contributed by atoms with Crippen molar-refractivity contribution in [2.45, 2.75) is 43.4 Å². The number of aromatic amines is 1. The molecule has 0 spiro atoms. The number of amides is 3. The second kappa shape index (κ2) is 13.2. The van der Waals surface area contributed by atoms with Gasteiger partial charge in [0.1, 0.15) is 18.1 Å². The van der Waals surface area contributed by atoms with Crippen molar-refractivity contribution in [1.82, 2.24) is 20.9 Å². The van der Waals surface area contributed by atoms with Gasteiger partial charge in [-0.15, -0.1) is 0 Å². The van der Waals surface area contributed by atoms with E-state index in [1.165, 1.54) is 0 Å². The summed E-state index contributed by atoms with van der Waals surface area (Å²) in [6, 6.07) is 1.56. The number of hydrogen-bond acceptors (Lipinski definition) is 8. The Morgan fingerprint density at radius 1 is 0.861 bits per heavy atom. The number of aromatic nitrogens is 1. The number of aliphatic hydroxyl groups excluding tert-OH is 2. The highest BCUT2D eigenvalue weighted by Crippen LogP contribution is 2.18. The standard InChI is InChI=1S/C22H29N5O9/c23-13(7-11-8-24-14-4-2-1-3-12(11)14)19(32)26-16(9-28)21(34)25-15(5-6-18(30)31)20(33)27-17(10-29)22(35)36/h1-4,8,13,15-17,24,28-29H,5-7,9-10,23H2,(H,25,34)(H,26,32)(H,27,33)(H,30,31)(H,35,36). The van der Waals surface area contributed by atoms with Crippen LogP contribution in [0.3, 0.4) is 0 Å². The second-order valence-corrected chi connectivity index (χ2v) is 7.99. The van der Waals surface area contributed by atoms with Gasteiger partial charge in [0.05, 0.1) is 19.3 Å². The molecule has 4 unspecified atom stereocenters. The van der Waals surface area contributed by atoms with E-state index in [1.54, 1.807) is 6.20 Å². The third kappa shape index (κ3) is 7.76. The number of para-hydroxylation sites is 1. The van der Waals surface area contributed by atoms with Gasteiger partial charge in [-0.1, -0.05) is 18.2 Å². The molecule has 1 aromatic carbocycles. The maximum absolute atomic E-state index is 12.6. The number of aliphatic hydroxyl groups is 2. The van der Waals surface area contributed by atoms with E-state index in [2.05, 4.69) is 15.6 Å². The summed E-state index contributed by atoms with van der Waals surface area (Å²) in [5.74, 6) is -5.67. The third-order valence-corrected chi connectivity index (χ3v) is 5.34. The van der Waals surface area contributed by atoms with Gasteiger partial charge in [-0.2, -0.15) is 0 Å². The number of hydrogen-bond donors (Lipinski definition) is 9. The Balaban J connectivity index is 2.04. The molecule has 14 nitrogen and oxygen atoms in total. The zero-order chi connectivity index (χ0) is 26.8. The number of benzene rings is 1. The zero-order valence-electron chi connectivity index (χ0n) is 19.1. The molecule has 0 fully saturated rings. The summed E-state index contributed by atoms with van der Waals surface area (Å²) in [6.45, 7) is -1.80. The molecule has 1 aromatic heterocycles. The summed E-state index contributed by atoms with van der Waals surface area (Å²) in [5.41, 5.74) is 7.60. The number of nitrogens with two attached hydrogens (primary N) is 1. The van der Waals surface area contributed by atoms with Crippen molar-refractivity contribution in [2.75, 3.05) is 13.2 Å². The molecule has 36 heavy (non-hydrogen) atoms. The van der Waals surface area contributed by atoms with Gasteiger partial charge in [-0.25, -0.2) is 4.79 Å². The predicted molar refractivity (Wildman–Crippen MR) is 124 cm³/mol. The normalized spacial score (nSPS) is 14.3. The summed E-state index contributed by atoms with van der Waals surface area (Å²) < 4.78 is 0. The summed E-state index contributed by atoms with van der Waals surface area (Å²) >= 11 is 0. The first-order chi connectivity index (χ1) is 17.1. The lowest BCUT2D eigenvalue weighted by molar-refractivity contribution is -0.144. The molecule has 2 aromatic rings. The van der Waals surface area contributed by atoms with Gasteiger partial charge in [-0.05, 0) is 24.5 Å². The smallest absolute Gasteiger partial charge is 0.328 e. The van der Waals surface area contributed by atoms with Crippen molar-refractivity contribution < 1.29 is 44.4 Å². The predicted octanol–water partition coefficient (Wildman–Crippen LogP) is -2.57. The van der Waals surface area contributed by atoms with E-state index in [0.717, 1.165) is 16.5 Å². The quantitative estimate of drug-likeness (QED) is 0.129. The number of fused-ring (bicyclic) bond motifs is 1. The van der Waals surface area contributed by atoms with E-state index in [1.807, 2.05) is 29.6 Å². The molecule has 0 saturated carbocycles. The van der Waals surface area contributed by atoms with Crippen LogP contribution >= 0.6 is 0 Å². The SMILES string of the molecule is NC(Cc1c[nH]c2ccccc12)C(=O)NC(CO)C(=O)NC(CCC(=O)O)C(=O)NC(CO)C(=O)O. The Morgan fingerprint density at radius 2 is 1.44 bits per heavy atom. The van der Waals surface area contributed by atoms with Gasteiger partial charge in [0.25, 0.3) is 0 Å². The molecule has 0 aliphatic carbocycles. The fourth-order valence-electron chi connectivity index (χ4n) is 3.37. The molecule has 10 N–H and O–H groups in total. The van der Waals surface area contributed by atoms with Crippen LogP contribution in [0.4, 0.5) is 0 Å². The summed E-state index contributed by atoms with van der Waals surface area (Å²) in [6.07, 6.45) is 0.852. The molecule has 1 heterocycles. The van der Waals surface area contributed by atoms with E-state index < -0.39 is 79.9 Å². The molecule has 2 rings (SSSR count). The molecular formula is C22H29N5O9. The lowest BCUT2D eigenvalue weighted by Crippen LogP contribution is -2.58. The van der Waals surface area contributed by atoms with Crippen LogP contribution in [0, 0.1) is 0 Å². The van der Waals surface area contributed by atoms with Crippen LogP contribution < -0.4 is 21.7 Å². The Labute approximate surface area is 204 Å². The lowest BCUT2D eigenvalue weighted by atomic mass is 10.0. The highest BCUT2D eigenvalue weighted by Gasteiger charge is 2.30. The minimum Gasteiger partial charge on any atom is -0.481 e. The van der Waals surface area contributed by atoms with E-state index >= 15 is 0 Å². The largest absolute Gasteiger partial charge is 0.481 e. The lowest BCUT2D eigenvalue weighted by Gasteiger charge is -2.23. The van der Waals surface area contributed by atoms with Crippen LogP contribution in [-0.4, -0.2) is 92.5 Å². The van der Waals surface area contributed by atoms with Gasteiger partial charge in [-0.3, -0.25) is 19.2 Å². The molecule has 3 amide bonds. The molecule has 0 bridgehead atoms. The van der Waals surface area contributed by atoms with Crippen LogP contribution in [0.25, 0.3) is 10.9 Å². The molecule has 0 aliphatic heterocycles. The topological polar surface area (TPSA) is 244 Å². The highest BCUT2D eigenvalue weighted by atomic mass is 16.4. The van der Waals surface area contributed by atoms with Crippen molar-refractivity contribution in [3.63, 3.8) is 0 Å². The summed E-state index contributed by atoms with van der Waals surface area (Å²) in [4.78, 5) is 62.7. The molecule has 0 saturated heterocycles. The number of nitrogens with one attached hydrogen (secondary N) is 4. The van der Waals surface area contributed by atoms with Crippen LogP contribution in [0.2, 0.25) is 0 Å². The van der Waals surface area contributed by atoms with Crippen LogP contribution in [0.15, 0.2) is 30.5 Å². The molecule has 0 radical (unpaired) electrons. The average Bonchev–Trinajstić information content (AvgIpc) is 3.25. The van der Waals surface area contributed by atoms with Gasteiger partial charge in [0.2, 0.25) is 17.7 Å². The molecular weight excluding hydrogens is 478 g/mol. The maximum atomic E-state index is 12.6. The fraction of sp³-hybridized carbons (Fsp3) is 0.409. The maximum Gasteiger partial charge on any atom is 0.328 e. The van der Waals surface area contributed by atoms with Crippen molar-refractivity contribution in [3.05, 3.63) is 36.0 Å². The van der Waals surface area contributed by atoms with Crippen molar-refractivity contribution in [1.29, 1.82) is 0 Å². The minimum absolute atomic E-state index is 0.122. The van der Waals surface area contributed by atoms with E-state index in [0.29, 0.717) is 0 Å². The Bertz CT molecular complexity index is 1100. The first-order valence-electron chi connectivity index (χ1n) is 10.9. The Kier molecular flexibility index (Phi) is 10.3. The number of aliphatic carboxylic acids is 2. The Morgan fingerprint density at radius 3 is 2.06 bits per heavy atom. The molecule has 4 atom stereocenters. The zero-order valence-corrected chi connectivity index (χ0v) is 19.1. The van der Waals surface area contributed by atoms with Crippen molar-refractivity contribution in [2.24, 2.45) is 5.73 Å². The Hall–Kier alpha value is -4.01.